The van der Waals surface area contributed by atoms with Crippen molar-refractivity contribution in [3.8, 4) is 0 Å². The van der Waals surface area contributed by atoms with E-state index in [4.69, 9.17) is 11.6 Å². The SMILES string of the molecule is CCCNC(CCS(C)(=O)=O)c1cccc(Cl)c1F. The first-order valence-corrected chi connectivity index (χ1v) is 8.64. The Balaban J connectivity index is 2.92. The highest BCUT2D eigenvalue weighted by Gasteiger charge is 2.18. The first-order valence-electron chi connectivity index (χ1n) is 6.20. The Hall–Kier alpha value is -0.650. The summed E-state index contributed by atoms with van der Waals surface area (Å²) < 4.78 is 36.5. The van der Waals surface area contributed by atoms with E-state index < -0.39 is 15.7 Å². The fourth-order valence-corrected chi connectivity index (χ4v) is 2.65. The van der Waals surface area contributed by atoms with E-state index in [0.29, 0.717) is 18.5 Å². The van der Waals surface area contributed by atoms with E-state index in [1.54, 1.807) is 12.1 Å². The molecular formula is C13H19ClFNO2S. The number of nitrogens with one attached hydrogen (secondary N) is 1. The van der Waals surface area contributed by atoms with Crippen molar-refractivity contribution in [3.05, 3.63) is 34.6 Å². The Bertz CT molecular complexity index is 519. The highest BCUT2D eigenvalue weighted by molar-refractivity contribution is 7.90. The van der Waals surface area contributed by atoms with Crippen LogP contribution in [0.15, 0.2) is 18.2 Å². The van der Waals surface area contributed by atoms with Gasteiger partial charge in [-0.1, -0.05) is 30.7 Å². The molecule has 3 nitrogen and oxygen atoms in total. The second-order valence-corrected chi connectivity index (χ2v) is 7.24. The van der Waals surface area contributed by atoms with Crippen LogP contribution in [0.2, 0.25) is 5.02 Å². The van der Waals surface area contributed by atoms with E-state index in [1.165, 1.54) is 12.3 Å². The highest BCUT2D eigenvalue weighted by atomic mass is 35.5. The van der Waals surface area contributed by atoms with Crippen LogP contribution in [0.1, 0.15) is 31.4 Å². The smallest absolute Gasteiger partial charge is 0.147 e. The van der Waals surface area contributed by atoms with Gasteiger partial charge in [-0.2, -0.15) is 0 Å². The predicted octanol–water partition coefficient (Wildman–Crippen LogP) is 2.95. The number of sulfone groups is 1. The largest absolute Gasteiger partial charge is 0.310 e. The van der Waals surface area contributed by atoms with Crippen LogP contribution in [0.5, 0.6) is 0 Å². The monoisotopic (exact) mass is 307 g/mol. The van der Waals surface area contributed by atoms with Gasteiger partial charge in [-0.15, -0.1) is 0 Å². The molecule has 0 aromatic heterocycles. The molecular weight excluding hydrogens is 289 g/mol. The fourth-order valence-electron chi connectivity index (χ4n) is 1.81. The first kappa shape index (κ1) is 16.4. The molecule has 1 N–H and O–H groups in total. The maximum absolute atomic E-state index is 14.0. The van der Waals surface area contributed by atoms with Gasteiger partial charge >= 0.3 is 0 Å². The summed E-state index contributed by atoms with van der Waals surface area (Å²) in [6.07, 6.45) is 2.39. The minimum Gasteiger partial charge on any atom is -0.310 e. The highest BCUT2D eigenvalue weighted by Crippen LogP contribution is 2.25. The molecule has 0 bridgehead atoms. The molecule has 6 heteroatoms. The summed E-state index contributed by atoms with van der Waals surface area (Å²) in [4.78, 5) is 0. The summed E-state index contributed by atoms with van der Waals surface area (Å²) in [5, 5.41) is 3.22. The van der Waals surface area contributed by atoms with Gasteiger partial charge in [0, 0.05) is 17.9 Å². The molecule has 1 rings (SSSR count). The van der Waals surface area contributed by atoms with Gasteiger partial charge in [-0.3, -0.25) is 0 Å². The molecule has 19 heavy (non-hydrogen) atoms. The lowest BCUT2D eigenvalue weighted by molar-refractivity contribution is 0.486. The van der Waals surface area contributed by atoms with Crippen LogP contribution < -0.4 is 5.32 Å². The van der Waals surface area contributed by atoms with Crippen molar-refractivity contribution >= 4 is 21.4 Å². The van der Waals surface area contributed by atoms with Gasteiger partial charge in [0.15, 0.2) is 0 Å². The molecule has 0 spiro atoms. The predicted molar refractivity (Wildman–Crippen MR) is 76.8 cm³/mol. The van der Waals surface area contributed by atoms with Gasteiger partial charge in [0.2, 0.25) is 0 Å². The van der Waals surface area contributed by atoms with Crippen molar-refractivity contribution in [3.63, 3.8) is 0 Å². The van der Waals surface area contributed by atoms with Gasteiger partial charge in [0.05, 0.1) is 10.8 Å². The van der Waals surface area contributed by atoms with Crippen molar-refractivity contribution in [1.29, 1.82) is 0 Å². The van der Waals surface area contributed by atoms with Gasteiger partial charge < -0.3 is 5.32 Å². The van der Waals surface area contributed by atoms with E-state index in [-0.39, 0.29) is 16.8 Å². The summed E-state index contributed by atoms with van der Waals surface area (Å²) in [6.45, 7) is 2.69. The van der Waals surface area contributed by atoms with Crippen molar-refractivity contribution in [2.24, 2.45) is 0 Å². The van der Waals surface area contributed by atoms with Crippen LogP contribution in [0.3, 0.4) is 0 Å². The Kier molecular flexibility index (Phi) is 6.23. The third kappa shape index (κ3) is 5.47. The van der Waals surface area contributed by atoms with Crippen LogP contribution in [0, 0.1) is 5.82 Å². The Labute approximate surface area is 119 Å². The van der Waals surface area contributed by atoms with Crippen LogP contribution >= 0.6 is 11.6 Å². The lowest BCUT2D eigenvalue weighted by Gasteiger charge is -2.19. The summed E-state index contributed by atoms with van der Waals surface area (Å²) in [5.74, 6) is -0.466. The molecule has 1 aromatic rings. The molecule has 108 valence electrons. The van der Waals surface area contributed by atoms with Crippen LogP contribution in [-0.2, 0) is 9.84 Å². The molecule has 0 aliphatic carbocycles. The van der Waals surface area contributed by atoms with Gasteiger partial charge in [-0.05, 0) is 25.5 Å². The minimum atomic E-state index is -3.07. The Morgan fingerprint density at radius 2 is 2.11 bits per heavy atom. The molecule has 0 heterocycles. The zero-order valence-electron chi connectivity index (χ0n) is 11.1. The van der Waals surface area contributed by atoms with Crippen LogP contribution in [-0.4, -0.2) is 27.0 Å². The van der Waals surface area contributed by atoms with Gasteiger partial charge in [-0.25, -0.2) is 12.8 Å². The molecule has 0 fully saturated rings. The standard InChI is InChI=1S/C13H19ClFNO2S/c1-3-8-16-12(7-9-19(2,17)18)10-5-4-6-11(14)13(10)15/h4-6,12,16H,3,7-9H2,1-2H3. The molecule has 0 radical (unpaired) electrons. The number of hydrogen-bond acceptors (Lipinski definition) is 3. The van der Waals surface area contributed by atoms with E-state index in [1.807, 2.05) is 6.92 Å². The molecule has 0 aliphatic heterocycles. The van der Waals surface area contributed by atoms with E-state index in [2.05, 4.69) is 5.32 Å². The average molecular weight is 308 g/mol. The molecule has 1 unspecified atom stereocenters. The van der Waals surface area contributed by atoms with Crippen molar-refractivity contribution in [2.75, 3.05) is 18.6 Å². The second-order valence-electron chi connectivity index (χ2n) is 4.57. The van der Waals surface area contributed by atoms with Crippen molar-refractivity contribution < 1.29 is 12.8 Å². The summed E-state index contributed by atoms with van der Waals surface area (Å²) in [6, 6.07) is 4.44. The molecule has 1 aromatic carbocycles. The van der Waals surface area contributed by atoms with Crippen molar-refractivity contribution in [1.82, 2.24) is 5.32 Å². The third-order valence-electron chi connectivity index (χ3n) is 2.77. The van der Waals surface area contributed by atoms with Gasteiger partial charge in [0.1, 0.15) is 15.7 Å². The molecule has 0 aliphatic rings. The lowest BCUT2D eigenvalue weighted by Crippen LogP contribution is -2.25. The fraction of sp³-hybridized carbons (Fsp3) is 0.538. The maximum atomic E-state index is 14.0. The minimum absolute atomic E-state index is 0.0142. The zero-order valence-corrected chi connectivity index (χ0v) is 12.7. The molecule has 0 amide bonds. The zero-order chi connectivity index (χ0) is 14.5. The Morgan fingerprint density at radius 3 is 2.68 bits per heavy atom. The van der Waals surface area contributed by atoms with E-state index in [9.17, 15) is 12.8 Å². The van der Waals surface area contributed by atoms with E-state index >= 15 is 0 Å². The normalized spacial score (nSPS) is 13.5. The summed E-state index contributed by atoms with van der Waals surface area (Å²) >= 11 is 5.76. The average Bonchev–Trinajstić information content (AvgIpc) is 2.32. The number of rotatable bonds is 7. The number of benzene rings is 1. The summed E-state index contributed by atoms with van der Waals surface area (Å²) in [7, 11) is -3.07. The second kappa shape index (κ2) is 7.22. The van der Waals surface area contributed by atoms with Crippen LogP contribution in [0.4, 0.5) is 4.39 Å². The van der Waals surface area contributed by atoms with Gasteiger partial charge in [0.25, 0.3) is 0 Å². The first-order chi connectivity index (χ1) is 8.85. The molecule has 1 atom stereocenters. The molecule has 0 saturated carbocycles. The Morgan fingerprint density at radius 1 is 1.42 bits per heavy atom. The third-order valence-corrected chi connectivity index (χ3v) is 4.04. The number of halogens is 2. The molecule has 0 saturated heterocycles. The lowest BCUT2D eigenvalue weighted by atomic mass is 10.0. The van der Waals surface area contributed by atoms with Crippen molar-refractivity contribution in [2.45, 2.75) is 25.8 Å². The summed E-state index contributed by atoms with van der Waals surface area (Å²) in [5.41, 5.74) is 0.421. The number of hydrogen-bond donors (Lipinski definition) is 1. The van der Waals surface area contributed by atoms with E-state index in [0.717, 1.165) is 6.42 Å². The van der Waals surface area contributed by atoms with Crippen LogP contribution in [0.25, 0.3) is 0 Å². The topological polar surface area (TPSA) is 46.2 Å². The quantitative estimate of drug-likeness (QED) is 0.842. The maximum Gasteiger partial charge on any atom is 0.147 e.